The molecule has 2 unspecified atom stereocenters. The highest BCUT2D eigenvalue weighted by molar-refractivity contribution is 5.92. The highest BCUT2D eigenvalue weighted by atomic mass is 19.4. The molecule has 2 aliphatic rings. The van der Waals surface area contributed by atoms with Gasteiger partial charge in [-0.25, -0.2) is 9.78 Å². The third-order valence-corrected chi connectivity index (χ3v) is 7.68. The number of benzene rings is 1. The van der Waals surface area contributed by atoms with Gasteiger partial charge in [0.15, 0.2) is 5.65 Å². The Kier molecular flexibility index (Phi) is 6.78. The lowest BCUT2D eigenvalue weighted by Gasteiger charge is -2.29. The number of halogens is 3. The summed E-state index contributed by atoms with van der Waals surface area (Å²) < 4.78 is 47.0. The Morgan fingerprint density at radius 2 is 1.89 bits per heavy atom. The highest BCUT2D eigenvalue weighted by Gasteiger charge is 2.44. The van der Waals surface area contributed by atoms with E-state index < -0.39 is 18.0 Å². The first kappa shape index (κ1) is 25.4. The predicted octanol–water partition coefficient (Wildman–Crippen LogP) is 5.51. The molecule has 0 radical (unpaired) electrons. The van der Waals surface area contributed by atoms with E-state index in [-0.39, 0.29) is 12.6 Å². The Balaban J connectivity index is 1.41. The van der Waals surface area contributed by atoms with Gasteiger partial charge in [-0.1, -0.05) is 13.0 Å². The monoisotopic (exact) mass is 515 g/mol. The zero-order valence-corrected chi connectivity index (χ0v) is 21.3. The lowest BCUT2D eigenvalue weighted by molar-refractivity contribution is -0.182. The second-order valence-corrected chi connectivity index (χ2v) is 10.1. The maximum absolute atomic E-state index is 13.2. The van der Waals surface area contributed by atoms with Crippen LogP contribution in [0.15, 0.2) is 36.8 Å². The molecule has 0 aliphatic carbocycles. The molecule has 2 aliphatic heterocycles. The number of aryl methyl sites for hydroxylation is 2. The van der Waals surface area contributed by atoms with Gasteiger partial charge in [0.05, 0.1) is 24.8 Å². The van der Waals surface area contributed by atoms with Gasteiger partial charge in [0, 0.05) is 56.0 Å². The van der Waals surface area contributed by atoms with Gasteiger partial charge in [0.2, 0.25) is 0 Å². The lowest BCUT2D eigenvalue weighted by atomic mass is 9.93. The standard InChI is InChI=1S/C27H32F3N5O2/c1-17-12-18(2)23(32-26(36)35-6-4-20(15-35)19(3)27(28,29)30)14-22(17)21-13-24(33-8-10-37-11-9-33)25-31-5-7-34(25)16-21/h5,7,12-14,16,19-20H,4,6,8-11,15H2,1-3H3,(H,32,36). The number of urea groups is 1. The molecule has 2 amide bonds. The molecule has 37 heavy (non-hydrogen) atoms. The van der Waals surface area contributed by atoms with Crippen LogP contribution in [0.25, 0.3) is 16.8 Å². The number of carbonyl (C=O) groups is 1. The minimum absolute atomic E-state index is 0.102. The van der Waals surface area contributed by atoms with Crippen molar-refractivity contribution < 1.29 is 22.7 Å². The number of aromatic nitrogens is 2. The molecule has 2 aromatic heterocycles. The number of likely N-dealkylation sites (tertiary alicyclic amines) is 1. The summed E-state index contributed by atoms with van der Waals surface area (Å²) in [5.41, 5.74) is 6.46. The first-order valence-corrected chi connectivity index (χ1v) is 12.7. The van der Waals surface area contributed by atoms with Crippen LogP contribution >= 0.6 is 0 Å². The Morgan fingerprint density at radius 1 is 1.14 bits per heavy atom. The Morgan fingerprint density at radius 3 is 2.62 bits per heavy atom. The number of nitrogens with zero attached hydrogens (tertiary/aromatic N) is 4. The molecule has 10 heteroatoms. The van der Waals surface area contributed by atoms with Crippen LogP contribution in [-0.4, -0.2) is 65.9 Å². The number of morpholine rings is 1. The van der Waals surface area contributed by atoms with Gasteiger partial charge in [-0.3, -0.25) is 0 Å². The molecular formula is C27H32F3N5O2. The van der Waals surface area contributed by atoms with Crippen LogP contribution in [-0.2, 0) is 4.74 Å². The lowest BCUT2D eigenvalue weighted by Crippen LogP contribution is -2.36. The van der Waals surface area contributed by atoms with Crippen molar-refractivity contribution in [2.75, 3.05) is 49.6 Å². The average Bonchev–Trinajstić information content (AvgIpc) is 3.54. The van der Waals surface area contributed by atoms with Crippen molar-refractivity contribution in [3.8, 4) is 11.1 Å². The summed E-state index contributed by atoms with van der Waals surface area (Å²) in [5.74, 6) is -2.02. The van der Waals surface area contributed by atoms with Gasteiger partial charge in [-0.05, 0) is 55.0 Å². The van der Waals surface area contributed by atoms with Crippen molar-refractivity contribution in [3.05, 3.63) is 47.9 Å². The Hall–Kier alpha value is -3.27. The van der Waals surface area contributed by atoms with Crippen LogP contribution in [0, 0.1) is 25.7 Å². The van der Waals surface area contributed by atoms with Crippen molar-refractivity contribution in [1.29, 1.82) is 0 Å². The van der Waals surface area contributed by atoms with Crippen LogP contribution in [0.2, 0.25) is 0 Å². The number of ether oxygens (including phenoxy) is 1. The van der Waals surface area contributed by atoms with Crippen molar-refractivity contribution in [2.45, 2.75) is 33.4 Å². The van der Waals surface area contributed by atoms with Crippen molar-refractivity contribution in [1.82, 2.24) is 14.3 Å². The number of anilines is 2. The molecule has 0 saturated carbocycles. The number of nitrogens with one attached hydrogen (secondary N) is 1. The van der Waals surface area contributed by atoms with Crippen molar-refractivity contribution in [3.63, 3.8) is 0 Å². The second-order valence-electron chi connectivity index (χ2n) is 10.1. The average molecular weight is 516 g/mol. The molecule has 0 bridgehead atoms. The molecule has 4 heterocycles. The summed E-state index contributed by atoms with van der Waals surface area (Å²) in [4.78, 5) is 21.3. The number of amides is 2. The van der Waals surface area contributed by atoms with E-state index in [1.54, 1.807) is 6.20 Å². The fourth-order valence-corrected chi connectivity index (χ4v) is 5.34. The molecule has 7 nitrogen and oxygen atoms in total. The van der Waals surface area contributed by atoms with Crippen LogP contribution in [0.3, 0.4) is 0 Å². The van der Waals surface area contributed by atoms with E-state index in [1.165, 1.54) is 11.8 Å². The fourth-order valence-electron chi connectivity index (χ4n) is 5.34. The van der Waals surface area contributed by atoms with Gasteiger partial charge in [0.1, 0.15) is 0 Å². The van der Waals surface area contributed by atoms with E-state index in [9.17, 15) is 18.0 Å². The molecular weight excluding hydrogens is 483 g/mol. The maximum Gasteiger partial charge on any atom is 0.391 e. The molecule has 1 N–H and O–H groups in total. The van der Waals surface area contributed by atoms with E-state index in [0.717, 1.165) is 46.7 Å². The number of hydrogen-bond acceptors (Lipinski definition) is 4. The summed E-state index contributed by atoms with van der Waals surface area (Å²) in [6, 6.07) is 5.74. The molecule has 198 valence electrons. The first-order valence-electron chi connectivity index (χ1n) is 12.7. The smallest absolute Gasteiger partial charge is 0.378 e. The Labute approximate surface area is 214 Å². The van der Waals surface area contributed by atoms with Crippen LogP contribution in [0.5, 0.6) is 0 Å². The highest BCUT2D eigenvalue weighted by Crippen LogP contribution is 2.37. The number of hydrogen-bond donors (Lipinski definition) is 1. The zero-order valence-electron chi connectivity index (χ0n) is 21.3. The number of alkyl halides is 3. The molecule has 2 atom stereocenters. The molecule has 5 rings (SSSR count). The number of imidazole rings is 1. The van der Waals surface area contributed by atoms with E-state index in [1.807, 2.05) is 42.8 Å². The quantitative estimate of drug-likeness (QED) is 0.498. The molecule has 2 saturated heterocycles. The second kappa shape index (κ2) is 9.89. The number of rotatable bonds is 4. The Bertz CT molecular complexity index is 1300. The molecule has 2 fully saturated rings. The molecule has 0 spiro atoms. The third kappa shape index (κ3) is 5.12. The van der Waals surface area contributed by atoms with Gasteiger partial charge >= 0.3 is 12.2 Å². The van der Waals surface area contributed by atoms with Gasteiger partial charge < -0.3 is 24.3 Å². The van der Waals surface area contributed by atoms with E-state index in [2.05, 4.69) is 21.3 Å². The summed E-state index contributed by atoms with van der Waals surface area (Å²) in [6.45, 7) is 8.46. The minimum atomic E-state index is -4.25. The van der Waals surface area contributed by atoms with Crippen LogP contribution < -0.4 is 10.2 Å². The van der Waals surface area contributed by atoms with Crippen LogP contribution in [0.4, 0.5) is 29.3 Å². The summed E-state index contributed by atoms with van der Waals surface area (Å²) >= 11 is 0. The summed E-state index contributed by atoms with van der Waals surface area (Å²) in [7, 11) is 0. The third-order valence-electron chi connectivity index (χ3n) is 7.68. The SMILES string of the molecule is Cc1cc(C)c(-c2cc(N3CCOCC3)c3nccn3c2)cc1NC(=O)N1CCC(C(C)C(F)(F)F)C1. The van der Waals surface area contributed by atoms with Crippen LogP contribution in [0.1, 0.15) is 24.5 Å². The number of fused-ring (bicyclic) bond motifs is 1. The largest absolute Gasteiger partial charge is 0.391 e. The zero-order chi connectivity index (χ0) is 26.3. The maximum atomic E-state index is 13.2. The molecule has 3 aromatic rings. The van der Waals surface area contributed by atoms with Gasteiger partial charge in [0.25, 0.3) is 0 Å². The van der Waals surface area contributed by atoms with E-state index in [4.69, 9.17) is 4.74 Å². The van der Waals surface area contributed by atoms with Gasteiger partial charge in [-0.2, -0.15) is 13.2 Å². The molecule has 1 aromatic carbocycles. The van der Waals surface area contributed by atoms with E-state index in [0.29, 0.717) is 31.9 Å². The number of pyridine rings is 1. The van der Waals surface area contributed by atoms with Crippen molar-refractivity contribution >= 4 is 23.1 Å². The van der Waals surface area contributed by atoms with Gasteiger partial charge in [-0.15, -0.1) is 0 Å². The fraction of sp³-hybridized carbons (Fsp3) is 0.481. The topological polar surface area (TPSA) is 62.1 Å². The first-order chi connectivity index (χ1) is 17.6. The minimum Gasteiger partial charge on any atom is -0.378 e. The predicted molar refractivity (Wildman–Crippen MR) is 137 cm³/mol. The van der Waals surface area contributed by atoms with E-state index >= 15 is 0 Å². The summed E-state index contributed by atoms with van der Waals surface area (Å²) in [5, 5.41) is 2.96. The van der Waals surface area contributed by atoms with Crippen molar-refractivity contribution in [2.24, 2.45) is 11.8 Å². The summed E-state index contributed by atoms with van der Waals surface area (Å²) in [6.07, 6.45) is 1.82. The number of carbonyl (C=O) groups excluding carboxylic acids is 1. The normalized spacial score (nSPS) is 19.5.